The first kappa shape index (κ1) is 19.7. The summed E-state index contributed by atoms with van der Waals surface area (Å²) in [5.74, 6) is 3.56. The van der Waals surface area contributed by atoms with E-state index in [-0.39, 0.29) is 0 Å². The van der Waals surface area contributed by atoms with Gasteiger partial charge in [0.05, 0.1) is 6.33 Å². The largest absolute Gasteiger partial charge is 0.337 e. The summed E-state index contributed by atoms with van der Waals surface area (Å²) >= 11 is 10.2. The molecule has 0 radical (unpaired) electrons. The molecule has 0 saturated carbocycles. The Hall–Kier alpha value is -0.580. The van der Waals surface area contributed by atoms with E-state index in [4.69, 9.17) is 11.6 Å². The molecule has 0 amide bonds. The molecule has 0 N–H and O–H groups in total. The molecular weight excluding hydrogens is 356 g/mol. The average Bonchev–Trinajstić information content (AvgIpc) is 3.11. The zero-order valence-electron chi connectivity index (χ0n) is 14.4. The SMILES string of the molecule is CCCCC(CSCCCn1ccnc1)SCc1ccc(Cl)cc1. The number of unbranched alkanes of at least 4 members (excludes halogenated alkanes) is 1. The first-order chi connectivity index (χ1) is 11.8. The van der Waals surface area contributed by atoms with Gasteiger partial charge in [-0.05, 0) is 36.3 Å². The molecule has 1 aromatic heterocycles. The monoisotopic (exact) mass is 382 g/mol. The molecule has 2 rings (SSSR count). The maximum absolute atomic E-state index is 5.96. The molecule has 0 bridgehead atoms. The highest BCUT2D eigenvalue weighted by Crippen LogP contribution is 2.26. The van der Waals surface area contributed by atoms with Crippen molar-refractivity contribution in [3.63, 3.8) is 0 Å². The van der Waals surface area contributed by atoms with Gasteiger partial charge in [0, 0.05) is 40.7 Å². The number of nitrogens with zero attached hydrogens (tertiary/aromatic N) is 2. The third-order valence-electron chi connectivity index (χ3n) is 3.85. The van der Waals surface area contributed by atoms with Crippen LogP contribution in [0.5, 0.6) is 0 Å². The second-order valence-corrected chi connectivity index (χ2v) is 8.81. The highest BCUT2D eigenvalue weighted by Gasteiger charge is 2.09. The van der Waals surface area contributed by atoms with E-state index in [0.717, 1.165) is 22.6 Å². The van der Waals surface area contributed by atoms with E-state index in [1.807, 2.05) is 30.9 Å². The van der Waals surface area contributed by atoms with Crippen molar-refractivity contribution >= 4 is 35.1 Å². The van der Waals surface area contributed by atoms with Gasteiger partial charge in [0.15, 0.2) is 0 Å². The van der Waals surface area contributed by atoms with Crippen LogP contribution in [0, 0.1) is 0 Å². The van der Waals surface area contributed by atoms with Gasteiger partial charge in [0.25, 0.3) is 0 Å². The number of halogens is 1. The molecule has 1 unspecified atom stereocenters. The fraction of sp³-hybridized carbons (Fsp3) is 0.526. The highest BCUT2D eigenvalue weighted by molar-refractivity contribution is 8.03. The Kier molecular flexibility index (Phi) is 9.78. The summed E-state index contributed by atoms with van der Waals surface area (Å²) in [5, 5.41) is 1.57. The van der Waals surface area contributed by atoms with E-state index >= 15 is 0 Å². The second kappa shape index (κ2) is 11.9. The van der Waals surface area contributed by atoms with Crippen LogP contribution in [0.2, 0.25) is 5.02 Å². The quantitative estimate of drug-likeness (QED) is 0.410. The molecule has 0 spiro atoms. The van der Waals surface area contributed by atoms with Crippen LogP contribution in [0.3, 0.4) is 0 Å². The normalized spacial score (nSPS) is 12.4. The average molecular weight is 383 g/mol. The Balaban J connectivity index is 1.66. The van der Waals surface area contributed by atoms with Crippen LogP contribution in [0.4, 0.5) is 0 Å². The molecule has 1 heterocycles. The molecule has 24 heavy (non-hydrogen) atoms. The van der Waals surface area contributed by atoms with E-state index in [9.17, 15) is 0 Å². The lowest BCUT2D eigenvalue weighted by molar-refractivity contribution is 0.682. The number of aromatic nitrogens is 2. The number of hydrogen-bond donors (Lipinski definition) is 0. The summed E-state index contributed by atoms with van der Waals surface area (Å²) in [6.07, 6.45) is 10.9. The van der Waals surface area contributed by atoms with E-state index < -0.39 is 0 Å². The van der Waals surface area contributed by atoms with Gasteiger partial charge in [0.2, 0.25) is 0 Å². The van der Waals surface area contributed by atoms with Gasteiger partial charge in [0.1, 0.15) is 0 Å². The molecule has 5 heteroatoms. The van der Waals surface area contributed by atoms with Crippen molar-refractivity contribution in [2.24, 2.45) is 0 Å². The lowest BCUT2D eigenvalue weighted by atomic mass is 10.2. The van der Waals surface area contributed by atoms with Crippen molar-refractivity contribution in [3.05, 3.63) is 53.6 Å². The third kappa shape index (κ3) is 8.00. The topological polar surface area (TPSA) is 17.8 Å². The number of hydrogen-bond acceptors (Lipinski definition) is 3. The Labute approximate surface area is 159 Å². The molecule has 2 nitrogen and oxygen atoms in total. The molecule has 1 atom stereocenters. The van der Waals surface area contributed by atoms with E-state index in [0.29, 0.717) is 0 Å². The van der Waals surface area contributed by atoms with Gasteiger partial charge in [-0.2, -0.15) is 23.5 Å². The minimum atomic E-state index is 0.749. The zero-order chi connectivity index (χ0) is 17.0. The van der Waals surface area contributed by atoms with Crippen LogP contribution >= 0.6 is 35.1 Å². The van der Waals surface area contributed by atoms with Crippen LogP contribution in [0.1, 0.15) is 38.2 Å². The molecule has 0 fully saturated rings. The number of aryl methyl sites for hydroxylation is 1. The summed E-state index contributed by atoms with van der Waals surface area (Å²) in [6, 6.07) is 8.27. The minimum Gasteiger partial charge on any atom is -0.337 e. The Morgan fingerprint density at radius 2 is 2.04 bits per heavy atom. The predicted octanol–water partition coefficient (Wildman–Crippen LogP) is 6.15. The summed E-state index contributed by atoms with van der Waals surface area (Å²) in [5.41, 5.74) is 1.37. The van der Waals surface area contributed by atoms with Crippen molar-refractivity contribution in [2.75, 3.05) is 11.5 Å². The van der Waals surface area contributed by atoms with Crippen LogP contribution in [-0.2, 0) is 12.3 Å². The lowest BCUT2D eigenvalue weighted by Gasteiger charge is -2.16. The van der Waals surface area contributed by atoms with Gasteiger partial charge < -0.3 is 4.57 Å². The summed E-state index contributed by atoms with van der Waals surface area (Å²) < 4.78 is 2.16. The van der Waals surface area contributed by atoms with Crippen molar-refractivity contribution < 1.29 is 0 Å². The van der Waals surface area contributed by atoms with Gasteiger partial charge >= 0.3 is 0 Å². The maximum atomic E-state index is 5.96. The second-order valence-electron chi connectivity index (χ2n) is 5.93. The molecule has 1 aromatic carbocycles. The third-order valence-corrected chi connectivity index (χ3v) is 6.90. The minimum absolute atomic E-state index is 0.749. The standard InChI is InChI=1S/C19H27ClN2S2/c1-2-3-5-19(24-14-17-6-8-18(20)9-7-17)15-23-13-4-11-22-12-10-21-16-22/h6-10,12,16,19H,2-5,11,13-15H2,1H3. The summed E-state index contributed by atoms with van der Waals surface area (Å²) in [4.78, 5) is 4.09. The van der Waals surface area contributed by atoms with Gasteiger partial charge in [-0.15, -0.1) is 0 Å². The van der Waals surface area contributed by atoms with Gasteiger partial charge in [-0.3, -0.25) is 0 Å². The number of imidazole rings is 1. The Morgan fingerprint density at radius 3 is 2.75 bits per heavy atom. The smallest absolute Gasteiger partial charge is 0.0945 e. The van der Waals surface area contributed by atoms with E-state index in [1.165, 1.54) is 42.8 Å². The zero-order valence-corrected chi connectivity index (χ0v) is 16.8. The summed E-state index contributed by atoms with van der Waals surface area (Å²) in [6.45, 7) is 3.35. The Bertz CT molecular complexity index is 543. The molecule has 132 valence electrons. The summed E-state index contributed by atoms with van der Waals surface area (Å²) in [7, 11) is 0. The number of benzene rings is 1. The fourth-order valence-electron chi connectivity index (χ4n) is 2.42. The van der Waals surface area contributed by atoms with Crippen molar-refractivity contribution in [2.45, 2.75) is 50.2 Å². The maximum Gasteiger partial charge on any atom is 0.0945 e. The van der Waals surface area contributed by atoms with Crippen LogP contribution < -0.4 is 0 Å². The predicted molar refractivity (Wildman–Crippen MR) is 110 cm³/mol. The van der Waals surface area contributed by atoms with Crippen LogP contribution in [0.15, 0.2) is 43.0 Å². The highest BCUT2D eigenvalue weighted by atomic mass is 35.5. The van der Waals surface area contributed by atoms with Gasteiger partial charge in [-0.1, -0.05) is 43.5 Å². The molecule has 0 saturated heterocycles. The van der Waals surface area contributed by atoms with Crippen molar-refractivity contribution in [1.82, 2.24) is 9.55 Å². The molecule has 0 aliphatic carbocycles. The first-order valence-electron chi connectivity index (χ1n) is 8.67. The van der Waals surface area contributed by atoms with Crippen molar-refractivity contribution in [3.8, 4) is 0 Å². The van der Waals surface area contributed by atoms with E-state index in [1.54, 1.807) is 0 Å². The molecule has 2 aromatic rings. The van der Waals surface area contributed by atoms with Crippen LogP contribution in [0.25, 0.3) is 0 Å². The molecular formula is C19H27ClN2S2. The number of rotatable bonds is 12. The Morgan fingerprint density at radius 1 is 1.21 bits per heavy atom. The first-order valence-corrected chi connectivity index (χ1v) is 11.3. The molecule has 0 aliphatic heterocycles. The fourth-order valence-corrected chi connectivity index (χ4v) is 5.11. The van der Waals surface area contributed by atoms with Gasteiger partial charge in [-0.25, -0.2) is 4.98 Å². The molecule has 0 aliphatic rings. The van der Waals surface area contributed by atoms with E-state index in [2.05, 4.69) is 52.1 Å². The van der Waals surface area contributed by atoms with Crippen molar-refractivity contribution in [1.29, 1.82) is 0 Å². The lowest BCUT2D eigenvalue weighted by Crippen LogP contribution is -2.08. The number of thioether (sulfide) groups is 2. The van der Waals surface area contributed by atoms with Crippen LogP contribution in [-0.4, -0.2) is 26.3 Å².